The van der Waals surface area contributed by atoms with Gasteiger partial charge in [0.15, 0.2) is 0 Å². The van der Waals surface area contributed by atoms with Crippen molar-refractivity contribution in [2.24, 2.45) is 0 Å². The molecule has 1 aliphatic heterocycles. The highest BCUT2D eigenvalue weighted by atomic mass is 79.9. The minimum absolute atomic E-state index is 0.282. The summed E-state index contributed by atoms with van der Waals surface area (Å²) in [5, 5.41) is 0.604. The van der Waals surface area contributed by atoms with Crippen LogP contribution < -0.4 is 0 Å². The third-order valence-electron chi connectivity index (χ3n) is 3.65. The van der Waals surface area contributed by atoms with Crippen LogP contribution in [-0.2, 0) is 12.4 Å². The maximum Gasteiger partial charge on any atom is 0.139 e. The van der Waals surface area contributed by atoms with Gasteiger partial charge >= 0.3 is 0 Å². The number of imidazole rings is 1. The predicted molar refractivity (Wildman–Crippen MR) is 87.0 cm³/mol. The minimum atomic E-state index is -0.282. The molecule has 20 heavy (non-hydrogen) atoms. The van der Waals surface area contributed by atoms with Crippen LogP contribution in [0, 0.1) is 5.82 Å². The monoisotopic (exact) mass is 376 g/mol. The number of hydrogen-bond donors (Lipinski definition) is 0. The first kappa shape index (κ1) is 14.7. The minimum Gasteiger partial charge on any atom is -0.326 e. The third kappa shape index (κ3) is 2.85. The Bertz CT molecular complexity index is 625. The molecule has 3 rings (SSSR count). The van der Waals surface area contributed by atoms with Crippen LogP contribution in [0.25, 0.3) is 11.0 Å². The zero-order valence-electron chi connectivity index (χ0n) is 10.9. The molecule has 0 radical (unpaired) electrons. The van der Waals surface area contributed by atoms with Crippen LogP contribution in [0.2, 0.25) is 0 Å². The fraction of sp³-hybridized carbons (Fsp3) is 0.500. The first-order valence-corrected chi connectivity index (χ1v) is 9.08. The standard InChI is InChI=1S/C14H15BrClFN2S/c15-10-5-13-12(6-11(10)17)18-14(7-16)19(13)8-9-3-1-2-4-20-9/h5-6,9H,1-4,7-8H2. The van der Waals surface area contributed by atoms with E-state index >= 15 is 0 Å². The summed E-state index contributed by atoms with van der Waals surface area (Å²) in [6.07, 6.45) is 3.83. The summed E-state index contributed by atoms with van der Waals surface area (Å²) in [7, 11) is 0. The van der Waals surface area contributed by atoms with Crippen LogP contribution in [-0.4, -0.2) is 20.6 Å². The molecular weight excluding hydrogens is 363 g/mol. The molecule has 0 bridgehead atoms. The zero-order valence-corrected chi connectivity index (χ0v) is 14.1. The van der Waals surface area contributed by atoms with Crippen LogP contribution in [0.15, 0.2) is 16.6 Å². The number of thioether (sulfide) groups is 1. The zero-order chi connectivity index (χ0) is 14.1. The summed E-state index contributed by atoms with van der Waals surface area (Å²) in [6, 6.07) is 3.28. The molecule has 1 fully saturated rings. The number of halogens is 3. The van der Waals surface area contributed by atoms with E-state index in [1.54, 1.807) is 6.07 Å². The number of hydrogen-bond acceptors (Lipinski definition) is 2. The molecule has 1 aromatic carbocycles. The first-order chi connectivity index (χ1) is 9.69. The lowest BCUT2D eigenvalue weighted by Crippen LogP contribution is -2.18. The van der Waals surface area contributed by atoms with Gasteiger partial charge in [-0.1, -0.05) is 6.42 Å². The van der Waals surface area contributed by atoms with E-state index in [-0.39, 0.29) is 5.82 Å². The van der Waals surface area contributed by atoms with Crippen LogP contribution in [0.1, 0.15) is 25.1 Å². The molecule has 1 saturated heterocycles. The Balaban J connectivity index is 2.00. The molecule has 2 aromatic rings. The summed E-state index contributed by atoms with van der Waals surface area (Å²) in [4.78, 5) is 4.46. The van der Waals surface area contributed by atoms with Crippen molar-refractivity contribution >= 4 is 50.3 Å². The van der Waals surface area contributed by atoms with Gasteiger partial charge in [-0.3, -0.25) is 0 Å². The van der Waals surface area contributed by atoms with E-state index in [0.717, 1.165) is 17.9 Å². The summed E-state index contributed by atoms with van der Waals surface area (Å²) >= 11 is 11.3. The lowest BCUT2D eigenvalue weighted by Gasteiger charge is -2.22. The maximum atomic E-state index is 13.6. The highest BCUT2D eigenvalue weighted by Crippen LogP contribution is 2.30. The molecule has 1 atom stereocenters. The van der Waals surface area contributed by atoms with Crippen molar-refractivity contribution in [3.05, 3.63) is 28.2 Å². The van der Waals surface area contributed by atoms with Gasteiger partial charge in [-0.2, -0.15) is 11.8 Å². The molecule has 0 saturated carbocycles. The summed E-state index contributed by atoms with van der Waals surface area (Å²) in [5.74, 6) is 2.12. The van der Waals surface area contributed by atoms with E-state index in [2.05, 4.69) is 25.5 Å². The molecule has 108 valence electrons. The van der Waals surface area contributed by atoms with Gasteiger partial charge in [-0.15, -0.1) is 11.6 Å². The molecule has 0 N–H and O–H groups in total. The van der Waals surface area contributed by atoms with Crippen molar-refractivity contribution in [3.8, 4) is 0 Å². The van der Waals surface area contributed by atoms with Crippen molar-refractivity contribution in [2.75, 3.05) is 5.75 Å². The average Bonchev–Trinajstić information content (AvgIpc) is 2.78. The van der Waals surface area contributed by atoms with Crippen molar-refractivity contribution in [1.29, 1.82) is 0 Å². The SMILES string of the molecule is Fc1cc2nc(CCl)n(CC3CCCCS3)c2cc1Br. The molecule has 2 nitrogen and oxygen atoms in total. The van der Waals surface area contributed by atoms with E-state index in [9.17, 15) is 4.39 Å². The summed E-state index contributed by atoms with van der Waals surface area (Å²) in [5.41, 5.74) is 1.64. The van der Waals surface area contributed by atoms with Crippen molar-refractivity contribution < 1.29 is 4.39 Å². The second-order valence-electron chi connectivity index (χ2n) is 5.02. The Hall–Kier alpha value is -0.260. The third-order valence-corrected chi connectivity index (χ3v) is 5.88. The van der Waals surface area contributed by atoms with Gasteiger partial charge in [-0.05, 0) is 40.6 Å². The molecule has 1 aliphatic rings. The van der Waals surface area contributed by atoms with Gasteiger partial charge in [0, 0.05) is 17.9 Å². The number of rotatable bonds is 3. The molecule has 0 spiro atoms. The number of aromatic nitrogens is 2. The summed E-state index contributed by atoms with van der Waals surface area (Å²) in [6.45, 7) is 0.904. The van der Waals surface area contributed by atoms with Gasteiger partial charge in [0.1, 0.15) is 11.6 Å². The Labute approximate surface area is 135 Å². The Morgan fingerprint density at radius 1 is 1.45 bits per heavy atom. The quantitative estimate of drug-likeness (QED) is 0.703. The molecule has 2 heterocycles. The van der Waals surface area contributed by atoms with Gasteiger partial charge in [0.05, 0.1) is 21.4 Å². The number of fused-ring (bicyclic) bond motifs is 1. The molecule has 0 amide bonds. The molecular formula is C14H15BrClFN2S. The highest BCUT2D eigenvalue weighted by Gasteiger charge is 2.19. The number of benzene rings is 1. The van der Waals surface area contributed by atoms with Gasteiger partial charge in [0.25, 0.3) is 0 Å². The van der Waals surface area contributed by atoms with Crippen molar-refractivity contribution in [2.45, 2.75) is 36.9 Å². The van der Waals surface area contributed by atoms with E-state index < -0.39 is 0 Å². The fourth-order valence-electron chi connectivity index (χ4n) is 2.63. The van der Waals surface area contributed by atoms with Crippen LogP contribution in [0.5, 0.6) is 0 Å². The average molecular weight is 378 g/mol. The van der Waals surface area contributed by atoms with Gasteiger partial charge in [-0.25, -0.2) is 9.37 Å². The topological polar surface area (TPSA) is 17.8 Å². The normalized spacial score (nSPS) is 19.6. The Morgan fingerprint density at radius 2 is 2.30 bits per heavy atom. The van der Waals surface area contributed by atoms with Gasteiger partial charge in [0.2, 0.25) is 0 Å². The van der Waals surface area contributed by atoms with E-state index in [0.29, 0.717) is 21.1 Å². The smallest absolute Gasteiger partial charge is 0.139 e. The molecule has 1 unspecified atom stereocenters. The maximum absolute atomic E-state index is 13.6. The number of nitrogens with zero attached hydrogens (tertiary/aromatic N) is 2. The van der Waals surface area contributed by atoms with E-state index in [1.807, 2.05) is 11.8 Å². The Morgan fingerprint density at radius 3 is 3.00 bits per heavy atom. The molecule has 6 heteroatoms. The van der Waals surface area contributed by atoms with E-state index in [1.165, 1.54) is 31.1 Å². The second-order valence-corrected chi connectivity index (χ2v) is 7.55. The highest BCUT2D eigenvalue weighted by molar-refractivity contribution is 9.10. The fourth-order valence-corrected chi connectivity index (χ4v) is 4.46. The summed E-state index contributed by atoms with van der Waals surface area (Å²) < 4.78 is 16.2. The number of alkyl halides is 1. The molecule has 0 aliphatic carbocycles. The van der Waals surface area contributed by atoms with Crippen molar-refractivity contribution in [3.63, 3.8) is 0 Å². The van der Waals surface area contributed by atoms with Crippen LogP contribution in [0.4, 0.5) is 4.39 Å². The van der Waals surface area contributed by atoms with Crippen LogP contribution in [0.3, 0.4) is 0 Å². The second kappa shape index (κ2) is 6.24. The first-order valence-electron chi connectivity index (χ1n) is 6.71. The molecule has 1 aromatic heterocycles. The van der Waals surface area contributed by atoms with Gasteiger partial charge < -0.3 is 4.57 Å². The predicted octanol–water partition coefficient (Wildman–Crippen LogP) is 4.96. The lowest BCUT2D eigenvalue weighted by molar-refractivity contribution is 0.581. The van der Waals surface area contributed by atoms with Crippen LogP contribution >= 0.6 is 39.3 Å². The lowest BCUT2D eigenvalue weighted by atomic mass is 10.2. The Kier molecular flexibility index (Phi) is 4.58. The largest absolute Gasteiger partial charge is 0.326 e. The van der Waals surface area contributed by atoms with E-state index in [4.69, 9.17) is 11.6 Å². The van der Waals surface area contributed by atoms with Crippen molar-refractivity contribution in [1.82, 2.24) is 9.55 Å².